The summed E-state index contributed by atoms with van der Waals surface area (Å²) in [6, 6.07) is 12.8. The van der Waals surface area contributed by atoms with Crippen LogP contribution in [-0.4, -0.2) is 29.9 Å². The number of anilines is 1. The highest BCUT2D eigenvalue weighted by Gasteiger charge is 2.02. The van der Waals surface area contributed by atoms with Crippen molar-refractivity contribution in [3.05, 3.63) is 59.4 Å². The van der Waals surface area contributed by atoms with E-state index in [-0.39, 0.29) is 29.9 Å². The Labute approximate surface area is 175 Å². The lowest BCUT2D eigenvalue weighted by molar-refractivity contribution is -0.116. The summed E-state index contributed by atoms with van der Waals surface area (Å²) in [5.74, 6) is 0.327. The van der Waals surface area contributed by atoms with Gasteiger partial charge in [-0.25, -0.2) is 0 Å². The minimum Gasteiger partial charge on any atom is -0.370 e. The molecule has 0 saturated heterocycles. The molecule has 1 aromatic carbocycles. The molecule has 0 atom stereocenters. The summed E-state index contributed by atoms with van der Waals surface area (Å²) in [6.07, 6.45) is 3.55. The topological polar surface area (TPSA) is 92.4 Å². The molecule has 6 nitrogen and oxygen atoms in total. The molecule has 8 heteroatoms. The van der Waals surface area contributed by atoms with E-state index in [1.807, 2.05) is 18.2 Å². The summed E-state index contributed by atoms with van der Waals surface area (Å²) >= 11 is 5.80. The standard InChI is InChI=1S/C18H22ClN5O.HI/c19-14-6-8-16(9-7-14)24-17(25)5-3-12-22-18(20)23-13-10-15-4-1-2-11-21-15;/h1-2,4,6-9,11H,3,5,10,12-13H2,(H,24,25)(H3,20,22,23);1H. The third kappa shape index (κ3) is 9.00. The van der Waals surface area contributed by atoms with Crippen LogP contribution < -0.4 is 16.4 Å². The van der Waals surface area contributed by atoms with Crippen LogP contribution >= 0.6 is 35.6 Å². The highest BCUT2D eigenvalue weighted by Crippen LogP contribution is 2.13. The maximum atomic E-state index is 11.8. The molecule has 1 aromatic heterocycles. The van der Waals surface area contributed by atoms with Crippen molar-refractivity contribution in [1.29, 1.82) is 0 Å². The SMILES string of the molecule is I.NC(=NCCCC(=O)Nc1ccc(Cl)cc1)NCCc1ccccn1. The smallest absolute Gasteiger partial charge is 0.224 e. The van der Waals surface area contributed by atoms with Crippen LogP contribution in [0, 0.1) is 0 Å². The van der Waals surface area contributed by atoms with Gasteiger partial charge in [0.2, 0.25) is 5.91 Å². The summed E-state index contributed by atoms with van der Waals surface area (Å²) < 4.78 is 0. The van der Waals surface area contributed by atoms with E-state index in [1.54, 1.807) is 30.5 Å². The zero-order valence-corrected chi connectivity index (χ0v) is 17.4. The van der Waals surface area contributed by atoms with Crippen LogP contribution in [0.4, 0.5) is 5.69 Å². The number of rotatable bonds is 8. The second-order valence-electron chi connectivity index (χ2n) is 5.42. The predicted molar refractivity (Wildman–Crippen MR) is 117 cm³/mol. The first kappa shape index (κ1) is 22.2. The van der Waals surface area contributed by atoms with Gasteiger partial charge in [0.15, 0.2) is 5.96 Å². The van der Waals surface area contributed by atoms with Crippen molar-refractivity contribution in [3.63, 3.8) is 0 Å². The van der Waals surface area contributed by atoms with E-state index in [1.165, 1.54) is 0 Å². The fourth-order valence-electron chi connectivity index (χ4n) is 2.12. The normalized spacial score (nSPS) is 10.7. The van der Waals surface area contributed by atoms with Crippen molar-refractivity contribution in [2.45, 2.75) is 19.3 Å². The van der Waals surface area contributed by atoms with Gasteiger partial charge in [-0.1, -0.05) is 17.7 Å². The van der Waals surface area contributed by atoms with Gasteiger partial charge < -0.3 is 16.4 Å². The summed E-state index contributed by atoms with van der Waals surface area (Å²) in [5, 5.41) is 6.49. The van der Waals surface area contributed by atoms with Crippen LogP contribution in [0.5, 0.6) is 0 Å². The first-order valence-electron chi connectivity index (χ1n) is 8.12. The third-order valence-corrected chi connectivity index (χ3v) is 3.64. The molecule has 1 amide bonds. The number of benzene rings is 1. The molecule has 140 valence electrons. The summed E-state index contributed by atoms with van der Waals surface area (Å²) in [6.45, 7) is 1.17. The average Bonchev–Trinajstić information content (AvgIpc) is 2.62. The molecule has 0 aliphatic heterocycles. The first-order valence-corrected chi connectivity index (χ1v) is 8.50. The average molecular weight is 488 g/mol. The van der Waals surface area contributed by atoms with Gasteiger partial charge in [-0.15, -0.1) is 24.0 Å². The van der Waals surface area contributed by atoms with Crippen LogP contribution in [0.2, 0.25) is 5.02 Å². The number of pyridine rings is 1. The Kier molecular flexibility index (Phi) is 10.6. The van der Waals surface area contributed by atoms with Gasteiger partial charge in [0, 0.05) is 48.5 Å². The highest BCUT2D eigenvalue weighted by molar-refractivity contribution is 14.0. The van der Waals surface area contributed by atoms with Crippen LogP contribution in [0.1, 0.15) is 18.5 Å². The summed E-state index contributed by atoms with van der Waals surface area (Å²) in [7, 11) is 0. The zero-order valence-electron chi connectivity index (χ0n) is 14.3. The molecule has 4 N–H and O–H groups in total. The number of guanidine groups is 1. The Morgan fingerprint density at radius 3 is 2.65 bits per heavy atom. The molecular formula is C18H23ClIN5O. The largest absolute Gasteiger partial charge is 0.370 e. The van der Waals surface area contributed by atoms with Crippen LogP contribution in [0.15, 0.2) is 53.7 Å². The third-order valence-electron chi connectivity index (χ3n) is 3.39. The minimum absolute atomic E-state index is 0. The van der Waals surface area contributed by atoms with Gasteiger partial charge in [0.05, 0.1) is 0 Å². The molecule has 0 aliphatic carbocycles. The molecule has 2 rings (SSSR count). The molecule has 2 aromatic rings. The van der Waals surface area contributed by atoms with Crippen molar-refractivity contribution in [2.24, 2.45) is 10.7 Å². The highest BCUT2D eigenvalue weighted by atomic mass is 127. The van der Waals surface area contributed by atoms with E-state index in [0.717, 1.165) is 17.8 Å². The van der Waals surface area contributed by atoms with E-state index in [9.17, 15) is 4.79 Å². The molecular weight excluding hydrogens is 465 g/mol. The van der Waals surface area contributed by atoms with Crippen molar-refractivity contribution in [2.75, 3.05) is 18.4 Å². The fourth-order valence-corrected chi connectivity index (χ4v) is 2.24. The first-order chi connectivity index (χ1) is 12.1. The number of carbonyl (C=O) groups excluding carboxylic acids is 1. The van der Waals surface area contributed by atoms with E-state index < -0.39 is 0 Å². The number of hydrogen-bond donors (Lipinski definition) is 3. The zero-order chi connectivity index (χ0) is 17.9. The van der Waals surface area contributed by atoms with Crippen molar-refractivity contribution in [1.82, 2.24) is 10.3 Å². The number of carbonyl (C=O) groups is 1. The van der Waals surface area contributed by atoms with E-state index in [0.29, 0.717) is 36.9 Å². The molecule has 0 saturated carbocycles. The Balaban J connectivity index is 0.00000338. The van der Waals surface area contributed by atoms with E-state index in [4.69, 9.17) is 17.3 Å². The van der Waals surface area contributed by atoms with Gasteiger partial charge in [-0.2, -0.15) is 0 Å². The second kappa shape index (κ2) is 12.5. The van der Waals surface area contributed by atoms with Crippen LogP contribution in [0.25, 0.3) is 0 Å². The molecule has 0 aliphatic rings. The van der Waals surface area contributed by atoms with Gasteiger partial charge in [0.25, 0.3) is 0 Å². The second-order valence-corrected chi connectivity index (χ2v) is 5.86. The lowest BCUT2D eigenvalue weighted by Gasteiger charge is -2.06. The van der Waals surface area contributed by atoms with Crippen molar-refractivity contribution in [3.8, 4) is 0 Å². The maximum absolute atomic E-state index is 11.8. The van der Waals surface area contributed by atoms with Gasteiger partial charge in [-0.05, 0) is 42.8 Å². The van der Waals surface area contributed by atoms with E-state index >= 15 is 0 Å². The quantitative estimate of drug-likeness (QED) is 0.231. The monoisotopic (exact) mass is 487 g/mol. The van der Waals surface area contributed by atoms with Crippen molar-refractivity contribution >= 4 is 53.1 Å². The van der Waals surface area contributed by atoms with Gasteiger partial charge in [0.1, 0.15) is 0 Å². The lowest BCUT2D eigenvalue weighted by Crippen LogP contribution is -2.33. The van der Waals surface area contributed by atoms with Crippen molar-refractivity contribution < 1.29 is 4.79 Å². The number of nitrogens with two attached hydrogens (primary N) is 1. The number of halogens is 2. The van der Waals surface area contributed by atoms with Crippen LogP contribution in [0.3, 0.4) is 0 Å². The Hall–Kier alpha value is -1.87. The maximum Gasteiger partial charge on any atom is 0.224 e. The van der Waals surface area contributed by atoms with Gasteiger partial charge in [-0.3, -0.25) is 14.8 Å². The fraction of sp³-hybridized carbons (Fsp3) is 0.278. The molecule has 0 unspecified atom stereocenters. The molecule has 0 radical (unpaired) electrons. The molecule has 26 heavy (non-hydrogen) atoms. The molecule has 0 spiro atoms. The number of hydrogen-bond acceptors (Lipinski definition) is 3. The minimum atomic E-state index is -0.0563. The number of nitrogens with one attached hydrogen (secondary N) is 2. The molecule has 0 bridgehead atoms. The molecule has 1 heterocycles. The summed E-state index contributed by atoms with van der Waals surface area (Å²) in [4.78, 5) is 20.3. The number of amides is 1. The van der Waals surface area contributed by atoms with E-state index in [2.05, 4.69) is 20.6 Å². The van der Waals surface area contributed by atoms with Crippen LogP contribution in [-0.2, 0) is 11.2 Å². The number of aromatic nitrogens is 1. The number of aliphatic imine (C=N–C) groups is 1. The Morgan fingerprint density at radius 2 is 1.96 bits per heavy atom. The number of nitrogens with zero attached hydrogens (tertiary/aromatic N) is 2. The Bertz CT molecular complexity index is 694. The predicted octanol–water partition coefficient (Wildman–Crippen LogP) is 3.22. The molecule has 0 fully saturated rings. The van der Waals surface area contributed by atoms with Gasteiger partial charge >= 0.3 is 0 Å². The summed E-state index contributed by atoms with van der Waals surface area (Å²) in [5.41, 5.74) is 7.53. The Morgan fingerprint density at radius 1 is 1.19 bits per heavy atom. The lowest BCUT2D eigenvalue weighted by atomic mass is 10.2.